The van der Waals surface area contributed by atoms with Gasteiger partial charge in [-0.15, -0.1) is 0 Å². The lowest BCUT2D eigenvalue weighted by molar-refractivity contribution is -0.129. The highest BCUT2D eigenvalue weighted by atomic mass is 16.2. The van der Waals surface area contributed by atoms with Crippen LogP contribution in [0.2, 0.25) is 0 Å². The van der Waals surface area contributed by atoms with E-state index in [2.05, 4.69) is 33.7 Å². The van der Waals surface area contributed by atoms with Gasteiger partial charge >= 0.3 is 0 Å². The minimum atomic E-state index is -0.460. The Labute approximate surface area is 216 Å². The molecule has 1 aliphatic heterocycles. The molecule has 1 saturated heterocycles. The van der Waals surface area contributed by atoms with E-state index in [1.807, 2.05) is 48.5 Å². The molecule has 192 valence electrons. The van der Waals surface area contributed by atoms with E-state index >= 15 is 0 Å². The fourth-order valence-corrected chi connectivity index (χ4v) is 4.27. The van der Waals surface area contributed by atoms with Gasteiger partial charge in [-0.25, -0.2) is 4.98 Å². The quantitative estimate of drug-likeness (QED) is 0.462. The van der Waals surface area contributed by atoms with Crippen LogP contribution >= 0.6 is 0 Å². The fourth-order valence-electron chi connectivity index (χ4n) is 4.27. The summed E-state index contributed by atoms with van der Waals surface area (Å²) in [6.45, 7) is 4.94. The van der Waals surface area contributed by atoms with Crippen molar-refractivity contribution in [3.8, 4) is 6.07 Å². The number of carbonyl (C=O) groups excluding carboxylic acids is 2. The molecule has 1 aromatic carbocycles. The smallest absolute Gasteiger partial charge is 0.241 e. The number of pyridine rings is 1. The van der Waals surface area contributed by atoms with Crippen LogP contribution in [0.3, 0.4) is 0 Å². The second-order valence-electron chi connectivity index (χ2n) is 9.42. The van der Waals surface area contributed by atoms with E-state index < -0.39 is 5.92 Å². The van der Waals surface area contributed by atoms with Crippen LogP contribution in [-0.4, -0.2) is 71.3 Å². The van der Waals surface area contributed by atoms with E-state index in [9.17, 15) is 9.59 Å². The number of aromatic nitrogens is 3. The van der Waals surface area contributed by atoms with Gasteiger partial charge in [-0.05, 0) is 35.7 Å². The number of nitrogens with zero attached hydrogens (tertiary/aromatic N) is 6. The van der Waals surface area contributed by atoms with Crippen molar-refractivity contribution >= 4 is 23.3 Å². The van der Waals surface area contributed by atoms with Gasteiger partial charge in [-0.2, -0.15) is 10.4 Å². The van der Waals surface area contributed by atoms with E-state index in [4.69, 9.17) is 5.26 Å². The van der Waals surface area contributed by atoms with Gasteiger partial charge in [0.1, 0.15) is 5.82 Å². The number of hydrogen-bond donors (Lipinski definition) is 2. The summed E-state index contributed by atoms with van der Waals surface area (Å²) in [6, 6.07) is 13.3. The predicted octanol–water partition coefficient (Wildman–Crippen LogP) is 2.08. The van der Waals surface area contributed by atoms with Crippen LogP contribution in [0.4, 0.5) is 11.5 Å². The van der Waals surface area contributed by atoms with Gasteiger partial charge in [0.25, 0.3) is 0 Å². The minimum Gasteiger partial charge on any atom is -0.359 e. The Morgan fingerprint density at radius 1 is 1.08 bits per heavy atom. The summed E-state index contributed by atoms with van der Waals surface area (Å²) < 4.78 is 1.68. The maximum Gasteiger partial charge on any atom is 0.241 e. The average molecular weight is 501 g/mol. The molecule has 0 aliphatic carbocycles. The van der Waals surface area contributed by atoms with E-state index in [-0.39, 0.29) is 17.7 Å². The number of rotatable bonds is 9. The van der Waals surface area contributed by atoms with Crippen molar-refractivity contribution in [2.75, 3.05) is 50.0 Å². The first-order chi connectivity index (χ1) is 17.8. The summed E-state index contributed by atoms with van der Waals surface area (Å²) in [5, 5.41) is 19.6. The Morgan fingerprint density at radius 2 is 1.86 bits per heavy atom. The molecule has 3 aromatic rings. The Hall–Kier alpha value is -4.23. The number of aryl methyl sites for hydroxylation is 1. The summed E-state index contributed by atoms with van der Waals surface area (Å²) in [4.78, 5) is 33.4. The first-order valence-electron chi connectivity index (χ1n) is 12.3. The van der Waals surface area contributed by atoms with Gasteiger partial charge in [-0.1, -0.05) is 19.1 Å². The first-order valence-corrected chi connectivity index (χ1v) is 12.3. The van der Waals surface area contributed by atoms with Crippen LogP contribution < -0.4 is 15.5 Å². The summed E-state index contributed by atoms with van der Waals surface area (Å²) >= 11 is 0. The monoisotopic (exact) mass is 500 g/mol. The third-order valence-electron chi connectivity index (χ3n) is 6.67. The molecular formula is C27H32N8O2. The zero-order valence-electron chi connectivity index (χ0n) is 21.4. The van der Waals surface area contributed by atoms with Gasteiger partial charge in [0.15, 0.2) is 0 Å². The molecule has 10 heteroatoms. The fraction of sp³-hybridized carbons (Fsp3) is 0.370. The number of likely N-dealkylation sites (N-methyl/N-ethyl adjacent to an activating group) is 1. The normalized spacial score (nSPS) is 15.2. The lowest BCUT2D eigenvalue weighted by Crippen LogP contribution is -2.48. The van der Waals surface area contributed by atoms with Crippen molar-refractivity contribution in [1.29, 1.82) is 5.26 Å². The molecule has 0 bridgehead atoms. The third-order valence-corrected chi connectivity index (χ3v) is 6.67. The van der Waals surface area contributed by atoms with Crippen molar-refractivity contribution in [3.63, 3.8) is 0 Å². The molecule has 1 aliphatic rings. The molecule has 2 atom stereocenters. The molecule has 2 amide bonds. The first kappa shape index (κ1) is 25.9. The molecule has 10 nitrogen and oxygen atoms in total. The van der Waals surface area contributed by atoms with E-state index in [1.54, 1.807) is 35.1 Å². The molecule has 0 radical (unpaired) electrons. The Bertz CT molecular complexity index is 1260. The lowest BCUT2D eigenvalue weighted by Gasteiger charge is -2.33. The molecule has 0 saturated carbocycles. The molecule has 37 heavy (non-hydrogen) atoms. The number of carbonyl (C=O) groups is 2. The molecule has 2 aromatic heterocycles. The van der Waals surface area contributed by atoms with Crippen LogP contribution in [0, 0.1) is 11.3 Å². The van der Waals surface area contributed by atoms with E-state index in [1.165, 1.54) is 0 Å². The van der Waals surface area contributed by atoms with Gasteiger partial charge in [0.05, 0.1) is 42.2 Å². The standard InChI is InChI=1S/C27H32N8O2/c1-19(21-6-4-20(12-28)5-7-21)13-29-16-24(22-14-31-34(3)17-22)27(37)32-25-9-8-23(15-30-25)35-11-10-33(2)26(36)18-35/h4-9,14-15,17,19,24,29H,10-11,13,16,18H2,1-3H3,(H,30,32,37)/t19-,24?/m0/s1. The lowest BCUT2D eigenvalue weighted by atomic mass is 9.98. The largest absolute Gasteiger partial charge is 0.359 e. The number of amides is 2. The molecule has 2 N–H and O–H groups in total. The molecule has 1 unspecified atom stereocenters. The van der Waals surface area contributed by atoms with Crippen LogP contribution in [0.1, 0.15) is 35.4 Å². The summed E-state index contributed by atoms with van der Waals surface area (Å²) in [7, 11) is 3.63. The van der Waals surface area contributed by atoms with Crippen LogP contribution in [0.5, 0.6) is 0 Å². The van der Waals surface area contributed by atoms with Gasteiger partial charge in [0, 0.05) is 52.0 Å². The van der Waals surface area contributed by atoms with E-state index in [0.29, 0.717) is 37.6 Å². The molecular weight excluding hydrogens is 468 g/mol. The molecule has 3 heterocycles. The van der Waals surface area contributed by atoms with Crippen LogP contribution in [0.15, 0.2) is 55.0 Å². The number of piperazine rings is 1. The predicted molar refractivity (Wildman–Crippen MR) is 141 cm³/mol. The number of nitrogens with one attached hydrogen (secondary N) is 2. The van der Waals surface area contributed by atoms with Crippen molar-refractivity contribution in [2.45, 2.75) is 18.8 Å². The summed E-state index contributed by atoms with van der Waals surface area (Å²) in [5.41, 5.74) is 3.42. The van der Waals surface area contributed by atoms with Crippen molar-refractivity contribution < 1.29 is 9.59 Å². The number of benzene rings is 1. The topological polar surface area (TPSA) is 119 Å². The Morgan fingerprint density at radius 3 is 2.49 bits per heavy atom. The van der Waals surface area contributed by atoms with Gasteiger partial charge in [-0.3, -0.25) is 14.3 Å². The van der Waals surface area contributed by atoms with Crippen LogP contribution in [-0.2, 0) is 16.6 Å². The Balaban J connectivity index is 1.38. The Kier molecular flexibility index (Phi) is 8.15. The van der Waals surface area contributed by atoms with Crippen molar-refractivity contribution in [2.24, 2.45) is 7.05 Å². The number of hydrogen-bond acceptors (Lipinski definition) is 7. The average Bonchev–Trinajstić information content (AvgIpc) is 3.34. The van der Waals surface area contributed by atoms with Crippen molar-refractivity contribution in [1.82, 2.24) is 25.0 Å². The van der Waals surface area contributed by atoms with E-state index in [0.717, 1.165) is 23.4 Å². The SMILES string of the molecule is C[C@@H](CNCC(C(=O)Nc1ccc(N2CCN(C)C(=O)C2)cn1)c1cnn(C)c1)c1ccc(C#N)cc1. The minimum absolute atomic E-state index is 0.0731. The molecule has 4 rings (SSSR count). The van der Waals surface area contributed by atoms with Crippen molar-refractivity contribution in [3.05, 3.63) is 71.7 Å². The number of nitriles is 1. The zero-order chi connectivity index (χ0) is 26.4. The van der Waals surface area contributed by atoms with Crippen LogP contribution in [0.25, 0.3) is 0 Å². The highest BCUT2D eigenvalue weighted by Gasteiger charge is 2.24. The second kappa shape index (κ2) is 11.7. The second-order valence-corrected chi connectivity index (χ2v) is 9.42. The van der Waals surface area contributed by atoms with Gasteiger partial charge in [0.2, 0.25) is 11.8 Å². The zero-order valence-corrected chi connectivity index (χ0v) is 21.4. The third kappa shape index (κ3) is 6.51. The molecule has 0 spiro atoms. The maximum atomic E-state index is 13.3. The number of anilines is 2. The summed E-state index contributed by atoms with van der Waals surface area (Å²) in [5.74, 6) is 0.0964. The van der Waals surface area contributed by atoms with Gasteiger partial charge < -0.3 is 20.4 Å². The summed E-state index contributed by atoms with van der Waals surface area (Å²) in [6.07, 6.45) is 5.23. The molecule has 1 fully saturated rings. The highest BCUT2D eigenvalue weighted by molar-refractivity contribution is 5.95. The highest BCUT2D eigenvalue weighted by Crippen LogP contribution is 2.21. The maximum absolute atomic E-state index is 13.3.